The standard InChI is InChI=1S/C12H21NO/c1-8-5-6-10-11(7-8)14-9(2)13-12(10,3)4/h8,10-11H,5-7H2,1-4H3/t8-,10-,11-/m1/s1. The molecule has 0 aromatic heterocycles. The lowest BCUT2D eigenvalue weighted by molar-refractivity contribution is 0.00772. The van der Waals surface area contributed by atoms with Gasteiger partial charge in [-0.15, -0.1) is 0 Å². The van der Waals surface area contributed by atoms with E-state index in [-0.39, 0.29) is 5.54 Å². The van der Waals surface area contributed by atoms with Crippen LogP contribution in [0.5, 0.6) is 0 Å². The minimum Gasteiger partial charge on any atom is -0.478 e. The van der Waals surface area contributed by atoms with Crippen molar-refractivity contribution in [3.63, 3.8) is 0 Å². The van der Waals surface area contributed by atoms with E-state index >= 15 is 0 Å². The zero-order chi connectivity index (χ0) is 10.3. The lowest BCUT2D eigenvalue weighted by Crippen LogP contribution is -2.47. The number of hydrogen-bond acceptors (Lipinski definition) is 2. The van der Waals surface area contributed by atoms with Crippen molar-refractivity contribution in [3.8, 4) is 0 Å². The molecule has 14 heavy (non-hydrogen) atoms. The van der Waals surface area contributed by atoms with Crippen LogP contribution >= 0.6 is 0 Å². The molecule has 0 N–H and O–H groups in total. The molecule has 80 valence electrons. The van der Waals surface area contributed by atoms with Crippen molar-refractivity contribution >= 4 is 5.90 Å². The van der Waals surface area contributed by atoms with Crippen molar-refractivity contribution in [2.75, 3.05) is 0 Å². The van der Waals surface area contributed by atoms with Gasteiger partial charge >= 0.3 is 0 Å². The van der Waals surface area contributed by atoms with Crippen LogP contribution in [0.2, 0.25) is 0 Å². The molecule has 1 aliphatic carbocycles. The van der Waals surface area contributed by atoms with Gasteiger partial charge in [-0.25, -0.2) is 4.99 Å². The number of fused-ring (bicyclic) bond motifs is 1. The fourth-order valence-electron chi connectivity index (χ4n) is 3.00. The summed E-state index contributed by atoms with van der Waals surface area (Å²) in [6.45, 7) is 8.80. The zero-order valence-electron chi connectivity index (χ0n) is 9.71. The van der Waals surface area contributed by atoms with Crippen LogP contribution in [0.4, 0.5) is 0 Å². The molecule has 0 amide bonds. The summed E-state index contributed by atoms with van der Waals surface area (Å²) < 4.78 is 5.85. The molecule has 0 aromatic carbocycles. The lowest BCUT2D eigenvalue weighted by atomic mass is 9.71. The molecule has 0 radical (unpaired) electrons. The van der Waals surface area contributed by atoms with Crippen molar-refractivity contribution < 1.29 is 4.74 Å². The minimum absolute atomic E-state index is 0.0904. The molecule has 1 saturated carbocycles. The van der Waals surface area contributed by atoms with Gasteiger partial charge in [0.2, 0.25) is 0 Å². The van der Waals surface area contributed by atoms with Crippen molar-refractivity contribution in [2.45, 2.75) is 58.6 Å². The highest BCUT2D eigenvalue weighted by atomic mass is 16.5. The molecule has 2 nitrogen and oxygen atoms in total. The number of hydrogen-bond donors (Lipinski definition) is 0. The summed E-state index contributed by atoms with van der Waals surface area (Å²) in [4.78, 5) is 4.62. The molecule has 1 aliphatic heterocycles. The topological polar surface area (TPSA) is 21.6 Å². The molecule has 2 aliphatic rings. The third-order valence-electron chi connectivity index (χ3n) is 3.73. The maximum atomic E-state index is 5.85. The van der Waals surface area contributed by atoms with Gasteiger partial charge in [-0.1, -0.05) is 13.3 Å². The predicted octanol–water partition coefficient (Wildman–Crippen LogP) is 3.02. The Morgan fingerprint density at radius 1 is 1.36 bits per heavy atom. The molecule has 2 rings (SSSR count). The highest BCUT2D eigenvalue weighted by molar-refractivity contribution is 5.74. The van der Waals surface area contributed by atoms with E-state index in [9.17, 15) is 0 Å². The Hall–Kier alpha value is -0.530. The van der Waals surface area contributed by atoms with Gasteiger partial charge in [0.25, 0.3) is 0 Å². The van der Waals surface area contributed by atoms with E-state index in [4.69, 9.17) is 4.74 Å². The van der Waals surface area contributed by atoms with Crippen LogP contribution in [0.15, 0.2) is 4.99 Å². The van der Waals surface area contributed by atoms with Gasteiger partial charge in [0, 0.05) is 12.8 Å². The highest BCUT2D eigenvalue weighted by Crippen LogP contribution is 2.41. The van der Waals surface area contributed by atoms with Gasteiger partial charge in [-0.3, -0.25) is 0 Å². The van der Waals surface area contributed by atoms with Crippen LogP contribution in [0.3, 0.4) is 0 Å². The smallest absolute Gasteiger partial charge is 0.180 e. The third kappa shape index (κ3) is 1.67. The summed E-state index contributed by atoms with van der Waals surface area (Å²) in [7, 11) is 0. The molecule has 0 spiro atoms. The Balaban J connectivity index is 2.21. The first-order valence-corrected chi connectivity index (χ1v) is 5.72. The lowest BCUT2D eigenvalue weighted by Gasteiger charge is -2.45. The summed E-state index contributed by atoms with van der Waals surface area (Å²) in [6.07, 6.45) is 4.24. The number of ether oxygens (including phenoxy) is 1. The molecule has 1 heterocycles. The van der Waals surface area contributed by atoms with Gasteiger partial charge < -0.3 is 4.74 Å². The predicted molar refractivity (Wildman–Crippen MR) is 58.6 cm³/mol. The SMILES string of the molecule is CC1=NC(C)(C)[C@@H]2CC[C@@H](C)C[C@H]2O1. The first kappa shape index (κ1) is 10.0. The number of rotatable bonds is 0. The van der Waals surface area contributed by atoms with Crippen molar-refractivity contribution in [3.05, 3.63) is 0 Å². The fourth-order valence-corrected chi connectivity index (χ4v) is 3.00. The molecule has 1 fully saturated rings. The molecule has 0 saturated heterocycles. The second-order valence-corrected chi connectivity index (χ2v) is 5.47. The number of nitrogens with zero attached hydrogens (tertiary/aromatic N) is 1. The molecule has 3 atom stereocenters. The third-order valence-corrected chi connectivity index (χ3v) is 3.73. The average molecular weight is 195 g/mol. The summed E-state index contributed by atoms with van der Waals surface area (Å²) >= 11 is 0. The quantitative estimate of drug-likeness (QED) is 0.582. The molecule has 0 aromatic rings. The van der Waals surface area contributed by atoms with Crippen LogP contribution in [0.25, 0.3) is 0 Å². The molecular formula is C12H21NO. The van der Waals surface area contributed by atoms with Crippen LogP contribution in [-0.2, 0) is 4.74 Å². The van der Waals surface area contributed by atoms with Gasteiger partial charge in [-0.2, -0.15) is 0 Å². The zero-order valence-corrected chi connectivity index (χ0v) is 9.71. The minimum atomic E-state index is 0.0904. The first-order valence-electron chi connectivity index (χ1n) is 5.72. The highest BCUT2D eigenvalue weighted by Gasteiger charge is 2.43. The van der Waals surface area contributed by atoms with Crippen molar-refractivity contribution in [1.29, 1.82) is 0 Å². The van der Waals surface area contributed by atoms with Gasteiger partial charge in [-0.05, 0) is 32.6 Å². The van der Waals surface area contributed by atoms with E-state index < -0.39 is 0 Å². The van der Waals surface area contributed by atoms with Crippen LogP contribution < -0.4 is 0 Å². The first-order chi connectivity index (χ1) is 6.49. The molecule has 2 heteroatoms. The summed E-state index contributed by atoms with van der Waals surface area (Å²) in [5, 5.41) is 0. The molecule has 0 unspecified atom stereocenters. The van der Waals surface area contributed by atoms with E-state index in [1.165, 1.54) is 19.3 Å². The normalized spacial score (nSPS) is 40.9. The van der Waals surface area contributed by atoms with Gasteiger partial charge in [0.1, 0.15) is 6.10 Å². The Kier molecular flexibility index (Phi) is 2.32. The van der Waals surface area contributed by atoms with Gasteiger partial charge in [0.15, 0.2) is 5.90 Å². The Labute approximate surface area is 86.8 Å². The second kappa shape index (κ2) is 3.25. The van der Waals surface area contributed by atoms with Crippen molar-refractivity contribution in [2.24, 2.45) is 16.8 Å². The monoisotopic (exact) mass is 195 g/mol. The van der Waals surface area contributed by atoms with E-state index in [1.807, 2.05) is 6.92 Å². The van der Waals surface area contributed by atoms with Crippen LogP contribution in [0.1, 0.15) is 47.0 Å². The van der Waals surface area contributed by atoms with E-state index in [2.05, 4.69) is 25.8 Å². The Morgan fingerprint density at radius 2 is 2.07 bits per heavy atom. The molecular weight excluding hydrogens is 174 g/mol. The summed E-state index contributed by atoms with van der Waals surface area (Å²) in [5.41, 5.74) is 0.0904. The fraction of sp³-hybridized carbons (Fsp3) is 0.917. The largest absolute Gasteiger partial charge is 0.478 e. The van der Waals surface area contributed by atoms with E-state index in [0.717, 1.165) is 11.8 Å². The van der Waals surface area contributed by atoms with E-state index in [1.54, 1.807) is 0 Å². The van der Waals surface area contributed by atoms with E-state index in [0.29, 0.717) is 12.0 Å². The summed E-state index contributed by atoms with van der Waals surface area (Å²) in [6, 6.07) is 0. The Morgan fingerprint density at radius 3 is 2.79 bits per heavy atom. The maximum absolute atomic E-state index is 5.85. The Bertz CT molecular complexity index is 257. The summed E-state index contributed by atoms with van der Waals surface area (Å²) in [5.74, 6) is 2.32. The van der Waals surface area contributed by atoms with Crippen LogP contribution in [-0.4, -0.2) is 17.5 Å². The van der Waals surface area contributed by atoms with Crippen LogP contribution in [0, 0.1) is 11.8 Å². The van der Waals surface area contributed by atoms with Gasteiger partial charge in [0.05, 0.1) is 5.54 Å². The average Bonchev–Trinajstić information content (AvgIpc) is 2.00. The maximum Gasteiger partial charge on any atom is 0.180 e. The molecule has 0 bridgehead atoms. The number of aliphatic imine (C=N–C) groups is 1. The van der Waals surface area contributed by atoms with Crippen molar-refractivity contribution in [1.82, 2.24) is 0 Å². The second-order valence-electron chi connectivity index (χ2n) is 5.47.